The number of hydrogen-bond donors (Lipinski definition) is 0. The maximum absolute atomic E-state index is 13.7. The minimum Gasteiger partial charge on any atom is -0.286 e. The number of pyridine rings is 1. The molecule has 0 aliphatic rings. The van der Waals surface area contributed by atoms with E-state index in [9.17, 15) is 17.2 Å². The van der Waals surface area contributed by atoms with E-state index >= 15 is 0 Å². The summed E-state index contributed by atoms with van der Waals surface area (Å²) in [5, 5.41) is 8.33. The van der Waals surface area contributed by atoms with E-state index in [0.29, 0.717) is 10.8 Å². The Morgan fingerprint density at radius 3 is 2.37 bits per heavy atom. The van der Waals surface area contributed by atoms with Crippen LogP contribution < -0.4 is 4.31 Å². The molecule has 2 aromatic carbocycles. The van der Waals surface area contributed by atoms with E-state index in [-0.39, 0.29) is 28.3 Å². The van der Waals surface area contributed by atoms with Gasteiger partial charge in [-0.1, -0.05) is 11.6 Å². The van der Waals surface area contributed by atoms with Crippen LogP contribution in [0.2, 0.25) is 5.02 Å². The maximum atomic E-state index is 13.7. The number of aromatic nitrogens is 3. The molecule has 2 aromatic heterocycles. The lowest BCUT2D eigenvalue weighted by molar-refractivity contribution is 0.576. The SMILES string of the molecule is Cc1nnc2c(S(=O)(=O)N(Cc3cc(F)cc(F)c3)c3ccc(Cl)cc3)cccn12. The van der Waals surface area contributed by atoms with Crippen LogP contribution in [-0.4, -0.2) is 23.0 Å². The summed E-state index contributed by atoms with van der Waals surface area (Å²) in [6.07, 6.45) is 1.65. The minimum absolute atomic E-state index is 0.0857. The first-order chi connectivity index (χ1) is 14.3. The predicted octanol–water partition coefficient (Wildman–Crippen LogP) is 4.36. The second-order valence-corrected chi connectivity index (χ2v) is 8.85. The molecule has 4 rings (SSSR count). The van der Waals surface area contributed by atoms with Gasteiger partial charge in [0.05, 0.1) is 12.2 Å². The lowest BCUT2D eigenvalue weighted by Gasteiger charge is -2.25. The van der Waals surface area contributed by atoms with Gasteiger partial charge in [-0.25, -0.2) is 17.2 Å². The van der Waals surface area contributed by atoms with Crippen molar-refractivity contribution in [2.45, 2.75) is 18.4 Å². The average Bonchev–Trinajstić information content (AvgIpc) is 3.07. The van der Waals surface area contributed by atoms with Gasteiger partial charge in [-0.05, 0) is 61.0 Å². The van der Waals surface area contributed by atoms with Crippen molar-refractivity contribution in [3.05, 3.63) is 88.8 Å². The number of benzene rings is 2. The molecule has 6 nitrogen and oxygen atoms in total. The lowest BCUT2D eigenvalue weighted by atomic mass is 10.2. The molecule has 0 saturated heterocycles. The Balaban J connectivity index is 1.88. The van der Waals surface area contributed by atoms with Crippen molar-refractivity contribution in [2.75, 3.05) is 4.31 Å². The third-order valence-electron chi connectivity index (χ3n) is 4.50. The summed E-state index contributed by atoms with van der Waals surface area (Å²) in [6.45, 7) is 1.40. The van der Waals surface area contributed by atoms with Crippen molar-refractivity contribution in [1.82, 2.24) is 14.6 Å². The van der Waals surface area contributed by atoms with Crippen LogP contribution >= 0.6 is 11.6 Å². The number of fused-ring (bicyclic) bond motifs is 1. The molecule has 0 saturated carbocycles. The number of rotatable bonds is 5. The molecule has 0 N–H and O–H groups in total. The number of hydrogen-bond acceptors (Lipinski definition) is 4. The molecule has 0 fully saturated rings. The Kier molecular flexibility index (Phi) is 5.17. The molecular weight excluding hydrogens is 434 g/mol. The highest BCUT2D eigenvalue weighted by Gasteiger charge is 2.29. The number of nitrogens with zero attached hydrogens (tertiary/aromatic N) is 4. The number of aryl methyl sites for hydroxylation is 1. The molecule has 2 heterocycles. The molecule has 0 radical (unpaired) electrons. The molecule has 0 atom stereocenters. The second-order valence-electron chi connectivity index (χ2n) is 6.58. The van der Waals surface area contributed by atoms with Crippen molar-refractivity contribution in [1.29, 1.82) is 0 Å². The minimum atomic E-state index is -4.18. The van der Waals surface area contributed by atoms with E-state index < -0.39 is 21.7 Å². The second kappa shape index (κ2) is 7.66. The molecule has 0 bridgehead atoms. The smallest absolute Gasteiger partial charge is 0.268 e. The standard InChI is InChI=1S/C20H15ClF2N4O2S/c1-13-24-25-20-19(3-2-8-26(13)20)30(28,29)27(18-6-4-15(21)5-7-18)12-14-9-16(22)11-17(23)10-14/h2-11H,12H2,1H3. The van der Waals surface area contributed by atoms with Gasteiger partial charge in [-0.15, -0.1) is 10.2 Å². The predicted molar refractivity (Wildman–Crippen MR) is 109 cm³/mol. The van der Waals surface area contributed by atoms with Gasteiger partial charge in [-0.3, -0.25) is 8.71 Å². The fraction of sp³-hybridized carbons (Fsp3) is 0.100. The lowest BCUT2D eigenvalue weighted by Crippen LogP contribution is -2.31. The topological polar surface area (TPSA) is 67.6 Å². The molecular formula is C20H15ClF2N4O2S. The summed E-state index contributed by atoms with van der Waals surface area (Å²) in [6, 6.07) is 12.0. The van der Waals surface area contributed by atoms with Gasteiger partial charge in [0.15, 0.2) is 5.65 Å². The van der Waals surface area contributed by atoms with Crippen LogP contribution in [0.15, 0.2) is 65.7 Å². The third kappa shape index (κ3) is 3.73. The van der Waals surface area contributed by atoms with Gasteiger partial charge in [0, 0.05) is 17.3 Å². The zero-order valence-electron chi connectivity index (χ0n) is 15.6. The van der Waals surface area contributed by atoms with Crippen LogP contribution in [0.1, 0.15) is 11.4 Å². The Morgan fingerprint density at radius 1 is 1.03 bits per heavy atom. The van der Waals surface area contributed by atoms with Crippen LogP contribution in [0.25, 0.3) is 5.65 Å². The summed E-state index contributed by atoms with van der Waals surface area (Å²) in [5.41, 5.74) is 0.581. The summed E-state index contributed by atoms with van der Waals surface area (Å²) in [4.78, 5) is -0.0857. The largest absolute Gasteiger partial charge is 0.286 e. The summed E-state index contributed by atoms with van der Waals surface area (Å²) >= 11 is 5.94. The van der Waals surface area contributed by atoms with Crippen LogP contribution in [0.5, 0.6) is 0 Å². The van der Waals surface area contributed by atoms with Crippen molar-refractivity contribution >= 4 is 33.0 Å². The molecule has 10 heteroatoms. The fourth-order valence-corrected chi connectivity index (χ4v) is 4.82. The molecule has 0 aliphatic heterocycles. The van der Waals surface area contributed by atoms with E-state index in [1.165, 1.54) is 30.3 Å². The Hall–Kier alpha value is -3.04. The zero-order chi connectivity index (χ0) is 21.5. The van der Waals surface area contributed by atoms with Gasteiger partial charge in [0.2, 0.25) is 0 Å². The zero-order valence-corrected chi connectivity index (χ0v) is 17.2. The van der Waals surface area contributed by atoms with E-state index in [1.54, 1.807) is 23.6 Å². The number of sulfonamides is 1. The fourth-order valence-electron chi connectivity index (χ4n) is 3.12. The monoisotopic (exact) mass is 448 g/mol. The normalized spacial score (nSPS) is 11.7. The highest BCUT2D eigenvalue weighted by Crippen LogP contribution is 2.29. The highest BCUT2D eigenvalue weighted by atomic mass is 35.5. The Labute approximate surface area is 176 Å². The Morgan fingerprint density at radius 2 is 1.70 bits per heavy atom. The highest BCUT2D eigenvalue weighted by molar-refractivity contribution is 7.93. The molecule has 154 valence electrons. The van der Waals surface area contributed by atoms with E-state index in [0.717, 1.165) is 22.5 Å². The van der Waals surface area contributed by atoms with Gasteiger partial charge in [-0.2, -0.15) is 0 Å². The third-order valence-corrected chi connectivity index (χ3v) is 6.55. The molecule has 0 amide bonds. The summed E-state index contributed by atoms with van der Waals surface area (Å²) in [7, 11) is -4.18. The molecule has 0 spiro atoms. The van der Waals surface area contributed by atoms with Crippen LogP contribution in [-0.2, 0) is 16.6 Å². The van der Waals surface area contributed by atoms with Crippen molar-refractivity contribution in [3.8, 4) is 0 Å². The average molecular weight is 449 g/mol. The van der Waals surface area contributed by atoms with Crippen LogP contribution in [0.3, 0.4) is 0 Å². The Bertz CT molecular complexity index is 1320. The molecule has 0 aliphatic carbocycles. The van der Waals surface area contributed by atoms with Crippen molar-refractivity contribution < 1.29 is 17.2 Å². The summed E-state index contributed by atoms with van der Waals surface area (Å²) < 4.78 is 57.3. The molecule has 30 heavy (non-hydrogen) atoms. The van der Waals surface area contributed by atoms with E-state index in [1.807, 2.05) is 0 Å². The van der Waals surface area contributed by atoms with Gasteiger partial charge < -0.3 is 0 Å². The quantitative estimate of drug-likeness (QED) is 0.455. The maximum Gasteiger partial charge on any atom is 0.268 e. The van der Waals surface area contributed by atoms with Gasteiger partial charge in [0.25, 0.3) is 10.0 Å². The first kappa shape index (κ1) is 20.2. The number of anilines is 1. The number of halogens is 3. The van der Waals surface area contributed by atoms with Crippen LogP contribution in [0.4, 0.5) is 14.5 Å². The van der Waals surface area contributed by atoms with Crippen molar-refractivity contribution in [3.63, 3.8) is 0 Å². The van der Waals surface area contributed by atoms with Crippen LogP contribution in [0, 0.1) is 18.6 Å². The van der Waals surface area contributed by atoms with Gasteiger partial charge in [0.1, 0.15) is 22.4 Å². The summed E-state index contributed by atoms with van der Waals surface area (Å²) in [5.74, 6) is -1.07. The van der Waals surface area contributed by atoms with E-state index in [2.05, 4.69) is 10.2 Å². The van der Waals surface area contributed by atoms with Gasteiger partial charge >= 0.3 is 0 Å². The van der Waals surface area contributed by atoms with Crippen molar-refractivity contribution in [2.24, 2.45) is 0 Å². The first-order valence-electron chi connectivity index (χ1n) is 8.79. The first-order valence-corrected chi connectivity index (χ1v) is 10.6. The molecule has 4 aromatic rings. The molecule has 0 unspecified atom stereocenters. The van der Waals surface area contributed by atoms with E-state index in [4.69, 9.17) is 11.6 Å².